The summed E-state index contributed by atoms with van der Waals surface area (Å²) < 4.78 is 19.1. The summed E-state index contributed by atoms with van der Waals surface area (Å²) in [5.41, 5.74) is -0.496. The molecule has 2 aromatic rings. The first kappa shape index (κ1) is 24.3. The van der Waals surface area contributed by atoms with Gasteiger partial charge in [-0.3, -0.25) is 4.57 Å². The summed E-state index contributed by atoms with van der Waals surface area (Å²) in [6.07, 6.45) is 2.62. The third kappa shape index (κ3) is 3.67. The lowest BCUT2D eigenvalue weighted by Crippen LogP contribution is -2.63. The van der Waals surface area contributed by atoms with Crippen molar-refractivity contribution < 1.29 is 33.8 Å². The summed E-state index contributed by atoms with van der Waals surface area (Å²) >= 11 is 7.55. The summed E-state index contributed by atoms with van der Waals surface area (Å²) in [5, 5.41) is 22.5. The van der Waals surface area contributed by atoms with E-state index in [1.807, 2.05) is 0 Å². The van der Waals surface area contributed by atoms with Crippen molar-refractivity contribution in [2.24, 2.45) is 0 Å². The summed E-state index contributed by atoms with van der Waals surface area (Å²) in [6, 6.07) is 0. The number of ether oxygens (including phenoxy) is 1. The fraction of sp³-hybridized carbons (Fsp3) is 0.643. The van der Waals surface area contributed by atoms with Gasteiger partial charge in [0, 0.05) is 0 Å². The van der Waals surface area contributed by atoms with Gasteiger partial charge in [-0.1, -0.05) is 0 Å². The number of hydrogen-bond donors (Lipinski definition) is 6. The number of nitrogen functional groups attached to an aromatic ring is 1. The highest BCUT2D eigenvalue weighted by atomic mass is 32.5. The molecule has 12 nitrogen and oxygen atoms in total. The molecule has 4 atom stereocenters. The normalized spacial score (nSPS) is 34.8. The van der Waals surface area contributed by atoms with Crippen LogP contribution in [-0.2, 0) is 39.7 Å². The van der Waals surface area contributed by atoms with Crippen LogP contribution < -0.4 is 5.73 Å². The molecule has 0 radical (unpaired) electrons. The average Bonchev–Trinajstić information content (AvgIpc) is 3.10. The largest absolute Gasteiger partial charge is 0.628 e. The highest BCUT2D eigenvalue weighted by molar-refractivity contribution is 8.06. The SMILES string of the molecule is CC1(O)[C@@](C)(COP(O)(O)=S)O[C@@](C)(n2cnc3c(N)ncnc32)[C@@]1(C)O.O[S-]. The number of imidazole rings is 1. The zero-order valence-corrected chi connectivity index (χ0v) is 18.6. The maximum Gasteiger partial charge on any atom is 0.321 e. The molecule has 1 aliphatic heterocycles. The predicted octanol–water partition coefficient (Wildman–Crippen LogP) is -0.396. The van der Waals surface area contributed by atoms with Crippen LogP contribution in [0.2, 0.25) is 0 Å². The minimum absolute atomic E-state index is 0.152. The van der Waals surface area contributed by atoms with Crippen molar-refractivity contribution in [2.75, 3.05) is 12.3 Å². The van der Waals surface area contributed by atoms with E-state index in [0.717, 1.165) is 0 Å². The van der Waals surface area contributed by atoms with Crippen LogP contribution in [0.25, 0.3) is 11.2 Å². The second-order valence-electron chi connectivity index (χ2n) is 7.27. The minimum atomic E-state index is -4.00. The Morgan fingerprint density at radius 2 is 1.76 bits per heavy atom. The molecule has 164 valence electrons. The van der Waals surface area contributed by atoms with Gasteiger partial charge in [0.1, 0.15) is 28.6 Å². The molecule has 3 rings (SSSR count). The highest BCUT2D eigenvalue weighted by Gasteiger charge is 2.73. The van der Waals surface area contributed by atoms with Crippen molar-refractivity contribution in [3.8, 4) is 0 Å². The zero-order chi connectivity index (χ0) is 22.5. The van der Waals surface area contributed by atoms with Gasteiger partial charge in [0.25, 0.3) is 0 Å². The average molecular weight is 468 g/mol. The second kappa shape index (κ2) is 7.64. The Labute approximate surface area is 177 Å². The lowest BCUT2D eigenvalue weighted by molar-refractivity contribution is -0.191. The smallest absolute Gasteiger partial charge is 0.321 e. The van der Waals surface area contributed by atoms with Gasteiger partial charge in [-0.2, -0.15) is 0 Å². The van der Waals surface area contributed by atoms with E-state index in [1.54, 1.807) is 6.92 Å². The van der Waals surface area contributed by atoms with Crippen molar-refractivity contribution in [3.63, 3.8) is 0 Å². The van der Waals surface area contributed by atoms with Gasteiger partial charge >= 0.3 is 6.72 Å². The maximum absolute atomic E-state index is 11.3. The fourth-order valence-corrected chi connectivity index (χ4v) is 4.00. The molecule has 1 aliphatic rings. The molecule has 3 heterocycles. The Morgan fingerprint density at radius 3 is 2.31 bits per heavy atom. The summed E-state index contributed by atoms with van der Waals surface area (Å²) in [7, 11) is 0. The third-order valence-electron chi connectivity index (χ3n) is 5.63. The number of aliphatic hydroxyl groups is 2. The number of nitrogens with zero attached hydrogens (tertiary/aromatic N) is 4. The van der Waals surface area contributed by atoms with Gasteiger partial charge in [-0.15, -0.1) is 0 Å². The van der Waals surface area contributed by atoms with Crippen LogP contribution in [0.4, 0.5) is 5.82 Å². The monoisotopic (exact) mass is 468 g/mol. The molecule has 29 heavy (non-hydrogen) atoms. The van der Waals surface area contributed by atoms with Gasteiger partial charge in [0.05, 0.1) is 12.9 Å². The van der Waals surface area contributed by atoms with E-state index in [2.05, 4.69) is 39.7 Å². The molecule has 2 aromatic heterocycles. The lowest BCUT2D eigenvalue weighted by atomic mass is 9.73. The number of rotatable bonds is 4. The van der Waals surface area contributed by atoms with E-state index in [0.29, 0.717) is 11.2 Å². The van der Waals surface area contributed by atoms with Gasteiger partial charge in [0.2, 0.25) is 0 Å². The molecule has 1 fully saturated rings. The minimum Gasteiger partial charge on any atom is -0.628 e. The highest BCUT2D eigenvalue weighted by Crippen LogP contribution is 2.56. The van der Waals surface area contributed by atoms with Crippen molar-refractivity contribution in [2.45, 2.75) is 50.2 Å². The molecular formula is C14H23N5O7PS2-. The van der Waals surface area contributed by atoms with Crippen molar-refractivity contribution in [1.29, 1.82) is 0 Å². The Hall–Kier alpha value is -0.930. The van der Waals surface area contributed by atoms with Gasteiger partial charge < -0.3 is 52.5 Å². The number of aromatic nitrogens is 4. The first-order valence-electron chi connectivity index (χ1n) is 8.13. The Morgan fingerprint density at radius 1 is 1.17 bits per heavy atom. The lowest BCUT2D eigenvalue weighted by Gasteiger charge is -2.42. The fourth-order valence-electron chi connectivity index (χ4n) is 3.43. The second-order valence-corrected chi connectivity index (χ2v) is 9.94. The summed E-state index contributed by atoms with van der Waals surface area (Å²) in [4.78, 5) is 31.0. The molecule has 0 amide bonds. The quantitative estimate of drug-likeness (QED) is 0.251. The molecule has 15 heteroatoms. The first-order valence-corrected chi connectivity index (χ1v) is 11.1. The first-order chi connectivity index (χ1) is 13.2. The van der Waals surface area contributed by atoms with Crippen LogP contribution >= 0.6 is 6.72 Å². The molecule has 1 unspecified atom stereocenters. The Balaban J connectivity index is 0.00000145. The summed E-state index contributed by atoms with van der Waals surface area (Å²) in [5.74, 6) is 0.152. The van der Waals surface area contributed by atoms with E-state index in [9.17, 15) is 20.0 Å². The van der Waals surface area contributed by atoms with E-state index in [4.69, 9.17) is 19.5 Å². The topological polar surface area (TPSA) is 189 Å². The molecular weight excluding hydrogens is 445 g/mol. The molecule has 1 saturated heterocycles. The standard InChI is InChI=1S/C14H22N5O6PS.H2OS/c1-11(5-24-26(22,23)27)12(2,20)13(3,21)14(4,25-11)19-7-18-8-9(15)16-6-17-10(8)19;1-2/h6-7,20-21H,5H2,1-4H3,(H2,15,16,17)(H2,22,23,27);1-2H/p-1/t11-,12?,13+,14-;/m1./s1. The molecule has 0 aromatic carbocycles. The number of nitrogens with two attached hydrogens (primary N) is 1. The van der Waals surface area contributed by atoms with Crippen molar-refractivity contribution >= 4 is 48.4 Å². The number of hydrogen-bond acceptors (Lipinski definition) is 11. The molecule has 0 bridgehead atoms. The molecule has 0 saturated carbocycles. The zero-order valence-electron chi connectivity index (χ0n) is 16.0. The van der Waals surface area contributed by atoms with Crippen LogP contribution in [0.3, 0.4) is 0 Å². The summed E-state index contributed by atoms with van der Waals surface area (Å²) in [6.45, 7) is 1.29. The van der Waals surface area contributed by atoms with Crippen molar-refractivity contribution in [1.82, 2.24) is 19.5 Å². The Kier molecular flexibility index (Phi) is 6.41. The third-order valence-corrected chi connectivity index (χ3v) is 6.42. The van der Waals surface area contributed by atoms with Gasteiger partial charge in [0.15, 0.2) is 17.2 Å². The van der Waals surface area contributed by atoms with Crippen LogP contribution in [-0.4, -0.2) is 67.5 Å². The van der Waals surface area contributed by atoms with Crippen LogP contribution in [0.5, 0.6) is 0 Å². The molecule has 7 N–H and O–H groups in total. The van der Waals surface area contributed by atoms with Crippen LogP contribution in [0, 0.1) is 0 Å². The Bertz CT molecular complexity index is 952. The van der Waals surface area contributed by atoms with E-state index in [-0.39, 0.29) is 5.82 Å². The van der Waals surface area contributed by atoms with E-state index in [1.165, 1.54) is 38.0 Å². The number of anilines is 1. The van der Waals surface area contributed by atoms with Crippen molar-refractivity contribution in [3.05, 3.63) is 12.7 Å². The molecule has 0 spiro atoms. The number of fused-ring (bicyclic) bond motifs is 1. The van der Waals surface area contributed by atoms with Gasteiger partial charge in [-0.25, -0.2) is 15.0 Å². The van der Waals surface area contributed by atoms with Crippen LogP contribution in [0.15, 0.2) is 12.7 Å². The maximum atomic E-state index is 11.3. The van der Waals surface area contributed by atoms with Crippen LogP contribution in [0.1, 0.15) is 27.7 Å². The molecule has 0 aliphatic carbocycles. The van der Waals surface area contributed by atoms with Gasteiger partial charge in [-0.05, 0) is 39.5 Å². The van der Waals surface area contributed by atoms with E-state index >= 15 is 0 Å². The predicted molar refractivity (Wildman–Crippen MR) is 109 cm³/mol. The van der Waals surface area contributed by atoms with E-state index < -0.39 is 35.9 Å².